The molecule has 0 aliphatic heterocycles. The molecule has 14 heavy (non-hydrogen) atoms. The van der Waals surface area contributed by atoms with Gasteiger partial charge in [0, 0.05) is 10.6 Å². The van der Waals surface area contributed by atoms with Crippen molar-refractivity contribution in [3.05, 3.63) is 33.8 Å². The summed E-state index contributed by atoms with van der Waals surface area (Å²) in [5.74, 6) is -0.245. The van der Waals surface area contributed by atoms with Crippen LogP contribution in [0.1, 0.15) is 10.4 Å². The van der Waals surface area contributed by atoms with Crippen LogP contribution in [-0.4, -0.2) is 7.93 Å². The first-order chi connectivity index (χ1) is 6.32. The van der Waals surface area contributed by atoms with E-state index in [0.717, 1.165) is 0 Å². The second-order valence-corrected chi connectivity index (χ2v) is 10.1. The average molecular weight is 426 g/mol. The Morgan fingerprint density at radius 2 is 1.79 bits per heavy atom. The topological polar surface area (TPSA) is 17.1 Å². The molecule has 0 aliphatic rings. The van der Waals surface area contributed by atoms with Crippen LogP contribution in [-0.2, 0) is 0 Å². The molecule has 0 heterocycles. The van der Waals surface area contributed by atoms with Gasteiger partial charge in [-0.05, 0) is 18.2 Å². The third-order valence-electron chi connectivity index (χ3n) is 1.43. The van der Waals surface area contributed by atoms with Crippen LogP contribution in [0.5, 0.6) is 0 Å². The predicted octanol–water partition coefficient (Wildman–Crippen LogP) is 5.01. The third-order valence-corrected chi connectivity index (χ3v) is 3.08. The highest BCUT2D eigenvalue weighted by molar-refractivity contribution is 9.40. The van der Waals surface area contributed by atoms with Crippen LogP contribution in [0.4, 0.5) is 0 Å². The number of hydrogen-bond acceptors (Lipinski definition) is 1. The predicted molar refractivity (Wildman–Crippen MR) is 70.3 cm³/mol. The van der Waals surface area contributed by atoms with E-state index in [2.05, 4.69) is 47.8 Å². The number of Topliss-reactive ketones (excluding diaryl/α,β-unsaturated/α-hetero) is 1. The summed E-state index contributed by atoms with van der Waals surface area (Å²) in [4.78, 5) is 11.8. The van der Waals surface area contributed by atoms with Crippen LogP contribution in [0.15, 0.2) is 18.2 Å². The van der Waals surface area contributed by atoms with Gasteiger partial charge in [0.25, 0.3) is 0 Å². The molecule has 6 heteroatoms. The SMILES string of the molecule is O=C(c1cc(Cl)ccc1Cl)C(Br)(Br)Br. The van der Waals surface area contributed by atoms with Crippen molar-refractivity contribution < 1.29 is 4.79 Å². The Kier molecular flexibility index (Phi) is 4.48. The Labute approximate surface area is 117 Å². The monoisotopic (exact) mass is 422 g/mol. The Hall–Kier alpha value is 0.910. The Bertz CT molecular complexity index is 373. The lowest BCUT2D eigenvalue weighted by atomic mass is 10.1. The molecule has 1 aromatic rings. The number of rotatable bonds is 1. The average Bonchev–Trinajstić information content (AvgIpc) is 2.06. The van der Waals surface area contributed by atoms with E-state index in [4.69, 9.17) is 23.2 Å². The standard InChI is InChI=1S/C8H3Br3Cl2O/c9-8(10,11)7(14)5-3-4(12)1-2-6(5)13/h1-3H. The largest absolute Gasteiger partial charge is 0.291 e. The molecule has 1 rings (SSSR count). The quantitative estimate of drug-likeness (QED) is 0.456. The summed E-state index contributed by atoms with van der Waals surface area (Å²) in [6.07, 6.45) is 0. The Morgan fingerprint density at radius 1 is 1.21 bits per heavy atom. The maximum Gasteiger partial charge on any atom is 0.202 e. The fourth-order valence-electron chi connectivity index (χ4n) is 0.824. The minimum atomic E-state index is -0.999. The van der Waals surface area contributed by atoms with E-state index in [9.17, 15) is 4.79 Å². The summed E-state index contributed by atoms with van der Waals surface area (Å²) in [5.41, 5.74) is 0.352. The number of carbonyl (C=O) groups is 1. The lowest BCUT2D eigenvalue weighted by Gasteiger charge is -2.11. The second kappa shape index (κ2) is 4.83. The molecular weight excluding hydrogens is 423 g/mol. The van der Waals surface area contributed by atoms with Crippen LogP contribution in [0.25, 0.3) is 0 Å². The summed E-state index contributed by atoms with van der Waals surface area (Å²) in [5, 5.41) is 0.830. The van der Waals surface area contributed by atoms with Crippen molar-refractivity contribution in [1.82, 2.24) is 0 Å². The van der Waals surface area contributed by atoms with E-state index >= 15 is 0 Å². The van der Waals surface area contributed by atoms with E-state index < -0.39 is 2.14 Å². The zero-order chi connectivity index (χ0) is 10.9. The smallest absolute Gasteiger partial charge is 0.202 e. The van der Waals surface area contributed by atoms with Gasteiger partial charge in [0.15, 0.2) is 2.14 Å². The van der Waals surface area contributed by atoms with Crippen molar-refractivity contribution in [1.29, 1.82) is 0 Å². The molecule has 1 nitrogen and oxygen atoms in total. The van der Waals surface area contributed by atoms with E-state index in [1.165, 1.54) is 6.07 Å². The van der Waals surface area contributed by atoms with Crippen molar-refractivity contribution in [3.63, 3.8) is 0 Å². The molecule has 0 saturated carbocycles. The number of carbonyl (C=O) groups excluding carboxylic acids is 1. The van der Waals surface area contributed by atoms with Crippen molar-refractivity contribution in [2.24, 2.45) is 0 Å². The van der Waals surface area contributed by atoms with Crippen molar-refractivity contribution >= 4 is 76.8 Å². The molecular formula is C8H3Br3Cl2O. The summed E-state index contributed by atoms with van der Waals surface area (Å²) in [6, 6.07) is 4.72. The minimum Gasteiger partial charge on any atom is -0.291 e. The maximum atomic E-state index is 11.8. The Morgan fingerprint density at radius 3 is 2.29 bits per heavy atom. The van der Waals surface area contributed by atoms with E-state index in [0.29, 0.717) is 15.6 Å². The fraction of sp³-hybridized carbons (Fsp3) is 0.125. The zero-order valence-corrected chi connectivity index (χ0v) is 12.8. The van der Waals surface area contributed by atoms with Crippen molar-refractivity contribution in [3.8, 4) is 0 Å². The number of ketones is 1. The molecule has 0 saturated heterocycles. The first kappa shape index (κ1) is 13.0. The fourth-order valence-corrected chi connectivity index (χ4v) is 1.84. The van der Waals surface area contributed by atoms with Crippen LogP contribution in [0.2, 0.25) is 10.0 Å². The first-order valence-electron chi connectivity index (χ1n) is 3.39. The highest BCUT2D eigenvalue weighted by Crippen LogP contribution is 2.38. The molecule has 0 unspecified atom stereocenters. The lowest BCUT2D eigenvalue weighted by molar-refractivity contribution is 0.101. The minimum absolute atomic E-state index is 0.245. The molecule has 0 spiro atoms. The van der Waals surface area contributed by atoms with Gasteiger partial charge >= 0.3 is 0 Å². The van der Waals surface area contributed by atoms with Crippen molar-refractivity contribution in [2.45, 2.75) is 2.14 Å². The van der Waals surface area contributed by atoms with Gasteiger partial charge in [0.05, 0.1) is 5.02 Å². The van der Waals surface area contributed by atoms with Crippen LogP contribution < -0.4 is 0 Å². The molecule has 0 N–H and O–H groups in total. The number of halogens is 5. The van der Waals surface area contributed by atoms with Crippen LogP contribution >= 0.6 is 71.0 Å². The number of benzene rings is 1. The van der Waals surface area contributed by atoms with Gasteiger partial charge in [-0.1, -0.05) is 71.0 Å². The number of alkyl halides is 3. The molecule has 0 bridgehead atoms. The normalized spacial score (nSPS) is 11.5. The summed E-state index contributed by atoms with van der Waals surface area (Å²) >= 11 is 21.0. The first-order valence-corrected chi connectivity index (χ1v) is 6.52. The van der Waals surface area contributed by atoms with Gasteiger partial charge < -0.3 is 0 Å². The zero-order valence-electron chi connectivity index (χ0n) is 6.53. The van der Waals surface area contributed by atoms with Crippen LogP contribution in [0.3, 0.4) is 0 Å². The Balaban J connectivity index is 3.19. The third kappa shape index (κ3) is 3.20. The van der Waals surface area contributed by atoms with E-state index in [1.54, 1.807) is 12.1 Å². The highest BCUT2D eigenvalue weighted by atomic mass is 80.0. The van der Waals surface area contributed by atoms with Gasteiger partial charge in [0.1, 0.15) is 0 Å². The highest BCUT2D eigenvalue weighted by Gasteiger charge is 2.31. The molecule has 0 aromatic heterocycles. The van der Waals surface area contributed by atoms with E-state index in [-0.39, 0.29) is 5.78 Å². The molecule has 0 aliphatic carbocycles. The lowest BCUT2D eigenvalue weighted by Crippen LogP contribution is -2.17. The number of hydrogen-bond donors (Lipinski definition) is 0. The van der Waals surface area contributed by atoms with Crippen LogP contribution in [0, 0.1) is 0 Å². The van der Waals surface area contributed by atoms with Crippen molar-refractivity contribution in [2.75, 3.05) is 0 Å². The summed E-state index contributed by atoms with van der Waals surface area (Å²) in [6.45, 7) is 0. The van der Waals surface area contributed by atoms with Gasteiger partial charge in [0.2, 0.25) is 5.78 Å². The maximum absolute atomic E-state index is 11.8. The second-order valence-electron chi connectivity index (χ2n) is 2.45. The molecule has 0 radical (unpaired) electrons. The molecule has 0 fully saturated rings. The van der Waals surface area contributed by atoms with Gasteiger partial charge in [-0.25, -0.2) is 0 Å². The van der Waals surface area contributed by atoms with Gasteiger partial charge in [-0.2, -0.15) is 0 Å². The van der Waals surface area contributed by atoms with Gasteiger partial charge in [-0.3, -0.25) is 4.79 Å². The van der Waals surface area contributed by atoms with E-state index in [1.807, 2.05) is 0 Å². The summed E-state index contributed by atoms with van der Waals surface area (Å²) in [7, 11) is 0. The molecule has 0 atom stereocenters. The summed E-state index contributed by atoms with van der Waals surface area (Å²) < 4.78 is -0.999. The van der Waals surface area contributed by atoms with Gasteiger partial charge in [-0.15, -0.1) is 0 Å². The molecule has 0 amide bonds. The molecule has 76 valence electrons. The molecule has 1 aromatic carbocycles.